The summed E-state index contributed by atoms with van der Waals surface area (Å²) in [6, 6.07) is 0.312. The molecule has 0 rings (SSSR count). The van der Waals surface area contributed by atoms with Gasteiger partial charge in [-0.3, -0.25) is 4.79 Å². The van der Waals surface area contributed by atoms with Crippen LogP contribution in [0, 0.1) is 0 Å². The maximum atomic E-state index is 10.9. The molecule has 1 atom stereocenters. The number of nitrogens with one attached hydrogen (secondary N) is 1. The average Bonchev–Trinajstić information content (AvgIpc) is 1.88. The summed E-state index contributed by atoms with van der Waals surface area (Å²) in [6.45, 7) is 4.06. The Balaban J connectivity index is 3.37. The van der Waals surface area contributed by atoms with Gasteiger partial charge in [-0.25, -0.2) is 0 Å². The summed E-state index contributed by atoms with van der Waals surface area (Å²) >= 11 is 3.20. The second-order valence-electron chi connectivity index (χ2n) is 2.32. The van der Waals surface area contributed by atoms with E-state index in [4.69, 9.17) is 0 Å². The third kappa shape index (κ3) is 4.79. The molecule has 1 amide bonds. The summed E-state index contributed by atoms with van der Waals surface area (Å²) in [5.41, 5.74) is 0. The van der Waals surface area contributed by atoms with E-state index < -0.39 is 0 Å². The van der Waals surface area contributed by atoms with E-state index in [0.717, 1.165) is 11.8 Å². The number of carbonyl (C=O) groups excluding carboxylic acids is 1. The highest BCUT2D eigenvalue weighted by atomic mass is 79.9. The lowest BCUT2D eigenvalue weighted by Crippen LogP contribution is -2.31. The Morgan fingerprint density at radius 2 is 2.30 bits per heavy atom. The summed E-state index contributed by atoms with van der Waals surface area (Å²) < 4.78 is 0. The van der Waals surface area contributed by atoms with Gasteiger partial charge in [0.15, 0.2) is 0 Å². The molecule has 0 aromatic heterocycles. The number of amides is 1. The van der Waals surface area contributed by atoms with Crippen molar-refractivity contribution < 1.29 is 4.79 Å². The standard InChI is InChI=1S/C7H14BrNO/c1-3-6(2)9-7(10)4-5-8/h6H,3-5H2,1-2H3,(H,9,10). The first-order chi connectivity index (χ1) is 4.70. The van der Waals surface area contributed by atoms with Crippen molar-refractivity contribution in [2.75, 3.05) is 5.33 Å². The Hall–Kier alpha value is -0.0500. The number of hydrogen-bond donors (Lipinski definition) is 1. The maximum Gasteiger partial charge on any atom is 0.221 e. The van der Waals surface area contributed by atoms with Crippen LogP contribution in [-0.4, -0.2) is 17.3 Å². The van der Waals surface area contributed by atoms with E-state index >= 15 is 0 Å². The molecule has 1 N–H and O–H groups in total. The van der Waals surface area contributed by atoms with Crippen LogP contribution < -0.4 is 5.32 Å². The highest BCUT2D eigenvalue weighted by Gasteiger charge is 2.02. The molecule has 0 bridgehead atoms. The van der Waals surface area contributed by atoms with E-state index in [0.29, 0.717) is 12.5 Å². The van der Waals surface area contributed by atoms with Crippen LogP contribution in [0.15, 0.2) is 0 Å². The summed E-state index contributed by atoms with van der Waals surface area (Å²) in [6.07, 6.45) is 1.57. The molecule has 1 unspecified atom stereocenters. The molecule has 0 radical (unpaired) electrons. The fraction of sp³-hybridized carbons (Fsp3) is 0.857. The van der Waals surface area contributed by atoms with Gasteiger partial charge in [0.05, 0.1) is 0 Å². The van der Waals surface area contributed by atoms with Crippen molar-refractivity contribution in [1.29, 1.82) is 0 Å². The normalized spacial score (nSPS) is 12.7. The Morgan fingerprint density at radius 1 is 1.70 bits per heavy atom. The SMILES string of the molecule is CCC(C)NC(=O)CCBr. The predicted molar refractivity (Wildman–Crippen MR) is 46.3 cm³/mol. The molecule has 0 heterocycles. The maximum absolute atomic E-state index is 10.9. The van der Waals surface area contributed by atoms with E-state index in [1.165, 1.54) is 0 Å². The predicted octanol–water partition coefficient (Wildman–Crippen LogP) is 1.69. The molecule has 10 heavy (non-hydrogen) atoms. The van der Waals surface area contributed by atoms with Gasteiger partial charge in [0.2, 0.25) is 5.91 Å². The summed E-state index contributed by atoms with van der Waals surface area (Å²) in [5.74, 6) is 0.131. The Labute approximate surface area is 70.5 Å². The summed E-state index contributed by atoms with van der Waals surface area (Å²) in [7, 11) is 0. The van der Waals surface area contributed by atoms with Crippen molar-refractivity contribution in [3.63, 3.8) is 0 Å². The largest absolute Gasteiger partial charge is 0.354 e. The summed E-state index contributed by atoms with van der Waals surface area (Å²) in [5, 5.41) is 3.61. The Morgan fingerprint density at radius 3 is 2.70 bits per heavy atom. The lowest BCUT2D eigenvalue weighted by molar-refractivity contribution is -0.121. The molecule has 3 heteroatoms. The second-order valence-corrected chi connectivity index (χ2v) is 3.11. The molecule has 0 aromatic carbocycles. The monoisotopic (exact) mass is 207 g/mol. The summed E-state index contributed by atoms with van der Waals surface area (Å²) in [4.78, 5) is 10.9. The Kier molecular flexibility index (Phi) is 5.69. The highest BCUT2D eigenvalue weighted by molar-refractivity contribution is 9.09. The molecule has 0 aliphatic rings. The smallest absolute Gasteiger partial charge is 0.221 e. The van der Waals surface area contributed by atoms with Crippen molar-refractivity contribution in [3.8, 4) is 0 Å². The van der Waals surface area contributed by atoms with Crippen molar-refractivity contribution >= 4 is 21.8 Å². The van der Waals surface area contributed by atoms with E-state index in [-0.39, 0.29) is 5.91 Å². The number of rotatable bonds is 4. The van der Waals surface area contributed by atoms with Gasteiger partial charge in [0.1, 0.15) is 0 Å². The lowest BCUT2D eigenvalue weighted by Gasteiger charge is -2.09. The van der Waals surface area contributed by atoms with Crippen molar-refractivity contribution in [3.05, 3.63) is 0 Å². The highest BCUT2D eigenvalue weighted by Crippen LogP contribution is 1.91. The number of alkyl halides is 1. The zero-order chi connectivity index (χ0) is 7.98. The zero-order valence-corrected chi connectivity index (χ0v) is 8.07. The number of halogens is 1. The molecule has 0 aromatic rings. The number of carbonyl (C=O) groups is 1. The van der Waals surface area contributed by atoms with Crippen molar-refractivity contribution in [2.24, 2.45) is 0 Å². The fourth-order valence-electron chi connectivity index (χ4n) is 0.535. The minimum absolute atomic E-state index is 0.131. The van der Waals surface area contributed by atoms with Crippen LogP contribution in [0.5, 0.6) is 0 Å². The number of hydrogen-bond acceptors (Lipinski definition) is 1. The molecular formula is C7H14BrNO. The minimum atomic E-state index is 0.131. The first kappa shape index (κ1) is 9.95. The van der Waals surface area contributed by atoms with Crippen LogP contribution in [0.3, 0.4) is 0 Å². The van der Waals surface area contributed by atoms with Crippen LogP contribution in [0.2, 0.25) is 0 Å². The van der Waals surface area contributed by atoms with Crippen LogP contribution in [0.25, 0.3) is 0 Å². The topological polar surface area (TPSA) is 29.1 Å². The molecule has 60 valence electrons. The van der Waals surface area contributed by atoms with Gasteiger partial charge in [-0.15, -0.1) is 0 Å². The molecule has 0 saturated carbocycles. The molecule has 0 fully saturated rings. The van der Waals surface area contributed by atoms with Gasteiger partial charge < -0.3 is 5.32 Å². The van der Waals surface area contributed by atoms with Crippen LogP contribution >= 0.6 is 15.9 Å². The van der Waals surface area contributed by atoms with Gasteiger partial charge in [-0.05, 0) is 13.3 Å². The molecule has 2 nitrogen and oxygen atoms in total. The van der Waals surface area contributed by atoms with Crippen molar-refractivity contribution in [1.82, 2.24) is 5.32 Å². The molecule has 0 aliphatic carbocycles. The molecular weight excluding hydrogens is 194 g/mol. The first-order valence-electron chi connectivity index (χ1n) is 3.56. The van der Waals surface area contributed by atoms with E-state index in [9.17, 15) is 4.79 Å². The molecule has 0 aliphatic heterocycles. The van der Waals surface area contributed by atoms with Gasteiger partial charge in [0.25, 0.3) is 0 Å². The van der Waals surface area contributed by atoms with E-state index in [1.54, 1.807) is 0 Å². The van der Waals surface area contributed by atoms with Crippen molar-refractivity contribution in [2.45, 2.75) is 32.7 Å². The van der Waals surface area contributed by atoms with Gasteiger partial charge >= 0.3 is 0 Å². The van der Waals surface area contributed by atoms with E-state index in [1.807, 2.05) is 6.92 Å². The van der Waals surface area contributed by atoms with Crippen LogP contribution in [-0.2, 0) is 4.79 Å². The van der Waals surface area contributed by atoms with Gasteiger partial charge in [0, 0.05) is 17.8 Å². The van der Waals surface area contributed by atoms with Gasteiger partial charge in [-0.1, -0.05) is 22.9 Å². The average molecular weight is 208 g/mol. The van der Waals surface area contributed by atoms with E-state index in [2.05, 4.69) is 28.2 Å². The van der Waals surface area contributed by atoms with Gasteiger partial charge in [-0.2, -0.15) is 0 Å². The third-order valence-corrected chi connectivity index (χ3v) is 1.74. The van der Waals surface area contributed by atoms with Crippen LogP contribution in [0.1, 0.15) is 26.7 Å². The quantitative estimate of drug-likeness (QED) is 0.699. The zero-order valence-electron chi connectivity index (χ0n) is 6.48. The third-order valence-electron chi connectivity index (χ3n) is 1.34. The molecule has 0 saturated heterocycles. The van der Waals surface area contributed by atoms with Crippen LogP contribution in [0.4, 0.5) is 0 Å². The Bertz CT molecular complexity index is 106. The fourth-order valence-corrected chi connectivity index (χ4v) is 0.895. The minimum Gasteiger partial charge on any atom is -0.354 e. The second kappa shape index (κ2) is 5.71. The first-order valence-corrected chi connectivity index (χ1v) is 4.68. The lowest BCUT2D eigenvalue weighted by atomic mass is 10.2. The molecule has 0 spiro atoms.